The molecule has 2 N–H and O–H groups in total. The molecule has 1 fully saturated rings. The molecule has 0 aromatic rings. The van der Waals surface area contributed by atoms with Crippen LogP contribution < -0.4 is 75.1 Å². The van der Waals surface area contributed by atoms with Gasteiger partial charge in [0.25, 0.3) is 0 Å². The molecule has 1 atom stereocenters. The molecule has 0 amide bonds. The number of rotatable bonds is 4. The summed E-state index contributed by atoms with van der Waals surface area (Å²) >= 11 is 0. The fourth-order valence-electron chi connectivity index (χ4n) is 0.652. The minimum absolute atomic E-state index is 0. The topological polar surface area (TPSA) is 142 Å². The van der Waals surface area contributed by atoms with Gasteiger partial charge in [-0.2, -0.15) is 0 Å². The quantitative estimate of drug-likeness (QED) is 0.398. The van der Waals surface area contributed by atoms with Gasteiger partial charge in [-0.25, -0.2) is 0 Å². The Bertz CT molecular complexity index is 271. The summed E-state index contributed by atoms with van der Waals surface area (Å²) < 4.78 is 18.8. The number of hydrogen-bond acceptors (Lipinski definition) is 8. The number of carbonyl (C=O) groups is 2. The first-order chi connectivity index (χ1) is 7.43. The molecule has 1 unspecified atom stereocenters. The van der Waals surface area contributed by atoms with Gasteiger partial charge in [0.15, 0.2) is 0 Å². The normalized spacial score (nSPS) is 14.4. The maximum atomic E-state index is 9.95. The molecule has 0 aromatic carbocycles. The molecule has 1 heterocycles. The van der Waals surface area contributed by atoms with Gasteiger partial charge in [0.1, 0.15) is 13.2 Å². The SMILES string of the molecule is NC(CCC(=O)[O-])C(=O)[O-].O=[P+]1OCCO1.[Na+].[Na+]. The number of nitrogens with two attached hydrogens (primary N) is 1. The number of hydrogen-bond donors (Lipinski definition) is 1. The molecule has 1 saturated heterocycles. The molecule has 1 rings (SSSR count). The van der Waals surface area contributed by atoms with E-state index in [0.717, 1.165) is 0 Å². The zero-order chi connectivity index (χ0) is 12.6. The molecule has 0 saturated carbocycles. The summed E-state index contributed by atoms with van der Waals surface area (Å²) in [5.74, 6) is -2.75. The first-order valence-corrected chi connectivity index (χ1v) is 5.42. The molecule has 0 aliphatic carbocycles. The van der Waals surface area contributed by atoms with E-state index >= 15 is 0 Å². The molecule has 0 radical (unpaired) electrons. The fourth-order valence-corrected chi connectivity index (χ4v) is 1.17. The van der Waals surface area contributed by atoms with E-state index in [1.807, 2.05) is 0 Å². The molecular formula is C7H11NNa2O7P+. The molecule has 0 bridgehead atoms. The first-order valence-electron chi connectivity index (χ1n) is 4.33. The molecule has 0 aromatic heterocycles. The Balaban J connectivity index is -0.000000244. The van der Waals surface area contributed by atoms with Crippen LogP contribution in [0.1, 0.15) is 12.8 Å². The van der Waals surface area contributed by atoms with Crippen LogP contribution in [0.5, 0.6) is 0 Å². The van der Waals surface area contributed by atoms with Crippen molar-refractivity contribution in [1.82, 2.24) is 0 Å². The van der Waals surface area contributed by atoms with Crippen LogP contribution >= 0.6 is 8.25 Å². The summed E-state index contributed by atoms with van der Waals surface area (Å²) in [5.41, 5.74) is 4.91. The molecule has 92 valence electrons. The molecule has 1 aliphatic rings. The van der Waals surface area contributed by atoms with Gasteiger partial charge in [0.05, 0.1) is 5.97 Å². The Hall–Kier alpha value is 0.920. The van der Waals surface area contributed by atoms with E-state index < -0.39 is 26.2 Å². The van der Waals surface area contributed by atoms with Crippen molar-refractivity contribution in [3.05, 3.63) is 0 Å². The van der Waals surface area contributed by atoms with Crippen molar-refractivity contribution < 1.29 is 92.5 Å². The molecule has 8 nitrogen and oxygen atoms in total. The zero-order valence-corrected chi connectivity index (χ0v) is 15.2. The van der Waals surface area contributed by atoms with Crippen LogP contribution in [0.15, 0.2) is 0 Å². The third-order valence-electron chi connectivity index (χ3n) is 1.44. The van der Waals surface area contributed by atoms with E-state index in [1.54, 1.807) is 0 Å². The standard InChI is InChI=1S/C5H9NO4.C2H4O3P.2Na/c6-3(5(9)10)1-2-4(7)8;3-6-4-1-2-5-6;;/h3H,1-2,6H2,(H,7,8)(H,9,10);1-2H2;;/q;3*+1/p-2. The smallest absolute Gasteiger partial charge is 0.550 e. The van der Waals surface area contributed by atoms with Crippen LogP contribution in [-0.2, 0) is 23.2 Å². The van der Waals surface area contributed by atoms with Crippen LogP contribution in [0, 0.1) is 0 Å². The second kappa shape index (κ2) is 14.3. The maximum absolute atomic E-state index is 9.95. The maximum Gasteiger partial charge on any atom is 1.00 e. The molecule has 18 heavy (non-hydrogen) atoms. The van der Waals surface area contributed by atoms with Crippen molar-refractivity contribution in [1.29, 1.82) is 0 Å². The number of carboxylic acid groups (broad SMARTS) is 2. The zero-order valence-electron chi connectivity index (χ0n) is 10.3. The summed E-state index contributed by atoms with van der Waals surface area (Å²) in [6, 6.07) is -1.21. The Morgan fingerprint density at radius 3 is 1.89 bits per heavy atom. The summed E-state index contributed by atoms with van der Waals surface area (Å²) in [6.45, 7) is 0.963. The van der Waals surface area contributed by atoms with Crippen molar-refractivity contribution in [2.24, 2.45) is 5.73 Å². The Labute approximate surface area is 149 Å². The van der Waals surface area contributed by atoms with Crippen molar-refractivity contribution in [3.63, 3.8) is 0 Å². The van der Waals surface area contributed by atoms with Gasteiger partial charge < -0.3 is 25.5 Å². The van der Waals surface area contributed by atoms with Gasteiger partial charge in [0, 0.05) is 16.6 Å². The first kappa shape index (κ1) is 24.0. The Kier molecular flexibility index (Phi) is 19.1. The van der Waals surface area contributed by atoms with E-state index in [-0.39, 0.29) is 72.0 Å². The van der Waals surface area contributed by atoms with Gasteiger partial charge in [0.2, 0.25) is 0 Å². The molecular weight excluding hydrogens is 287 g/mol. The average molecular weight is 298 g/mol. The largest absolute Gasteiger partial charge is 1.00 e. The van der Waals surface area contributed by atoms with E-state index in [4.69, 9.17) is 5.73 Å². The minimum atomic E-state index is -1.72. The second-order valence-corrected chi connectivity index (χ2v) is 3.69. The van der Waals surface area contributed by atoms with Gasteiger partial charge in [-0.3, -0.25) is 0 Å². The Morgan fingerprint density at radius 1 is 1.22 bits per heavy atom. The predicted octanol–water partition coefficient (Wildman–Crippen LogP) is -8.71. The van der Waals surface area contributed by atoms with Crippen molar-refractivity contribution in [2.45, 2.75) is 18.9 Å². The van der Waals surface area contributed by atoms with Gasteiger partial charge in [-0.15, -0.1) is 9.05 Å². The van der Waals surface area contributed by atoms with E-state index in [9.17, 15) is 24.4 Å². The third kappa shape index (κ3) is 15.0. The summed E-state index contributed by atoms with van der Waals surface area (Å²) in [6.07, 6.45) is -0.500. The van der Waals surface area contributed by atoms with E-state index in [2.05, 4.69) is 9.05 Å². The number of carbonyl (C=O) groups excluding carboxylic acids is 2. The van der Waals surface area contributed by atoms with Crippen LogP contribution in [-0.4, -0.2) is 31.2 Å². The van der Waals surface area contributed by atoms with Gasteiger partial charge >= 0.3 is 67.4 Å². The molecule has 11 heteroatoms. The van der Waals surface area contributed by atoms with E-state index in [1.165, 1.54) is 0 Å². The van der Waals surface area contributed by atoms with Crippen LogP contribution in [0.3, 0.4) is 0 Å². The van der Waals surface area contributed by atoms with Crippen LogP contribution in [0.2, 0.25) is 0 Å². The average Bonchev–Trinajstić information content (AvgIpc) is 2.66. The summed E-state index contributed by atoms with van der Waals surface area (Å²) in [7, 11) is -1.72. The second-order valence-electron chi connectivity index (χ2n) is 2.73. The van der Waals surface area contributed by atoms with Crippen molar-refractivity contribution in [2.75, 3.05) is 13.2 Å². The van der Waals surface area contributed by atoms with Gasteiger partial charge in [-0.05, 0) is 12.8 Å². The molecule has 1 aliphatic heterocycles. The monoisotopic (exact) mass is 298 g/mol. The van der Waals surface area contributed by atoms with Crippen molar-refractivity contribution in [3.8, 4) is 0 Å². The number of carboxylic acids is 2. The summed E-state index contributed by atoms with van der Waals surface area (Å²) in [5, 5.41) is 19.6. The van der Waals surface area contributed by atoms with E-state index in [0.29, 0.717) is 13.2 Å². The Morgan fingerprint density at radius 2 is 1.67 bits per heavy atom. The third-order valence-corrected chi connectivity index (χ3v) is 2.23. The summed E-state index contributed by atoms with van der Waals surface area (Å²) in [4.78, 5) is 19.6. The number of aliphatic carboxylic acids is 2. The minimum Gasteiger partial charge on any atom is -0.550 e. The predicted molar refractivity (Wildman–Crippen MR) is 46.7 cm³/mol. The van der Waals surface area contributed by atoms with Crippen molar-refractivity contribution >= 4 is 20.2 Å². The van der Waals surface area contributed by atoms with Crippen LogP contribution in [0.25, 0.3) is 0 Å². The fraction of sp³-hybridized carbons (Fsp3) is 0.714. The molecule has 0 spiro atoms. The van der Waals surface area contributed by atoms with Gasteiger partial charge in [-0.1, -0.05) is 0 Å². The van der Waals surface area contributed by atoms with Crippen LogP contribution in [0.4, 0.5) is 0 Å².